The van der Waals surface area contributed by atoms with Crippen molar-refractivity contribution in [2.75, 3.05) is 18.0 Å². The third-order valence-corrected chi connectivity index (χ3v) is 7.07. The van der Waals surface area contributed by atoms with Gasteiger partial charge in [0, 0.05) is 29.8 Å². The van der Waals surface area contributed by atoms with Gasteiger partial charge in [-0.1, -0.05) is 43.2 Å². The molecule has 6 heteroatoms. The molecule has 2 aromatic rings. The Labute approximate surface area is 197 Å². The number of nitrogen functional groups attached to an aromatic ring is 1. The monoisotopic (exact) mass is 448 g/mol. The van der Waals surface area contributed by atoms with E-state index in [0.717, 1.165) is 37.1 Å². The Balaban J connectivity index is 1.42. The normalized spacial score (nSPS) is 23.2. The number of benzene rings is 2. The second kappa shape index (κ2) is 10.4. The summed E-state index contributed by atoms with van der Waals surface area (Å²) in [6.45, 7) is 6.50. The van der Waals surface area contributed by atoms with E-state index in [1.54, 1.807) is 12.1 Å². The molecular formula is C27H36N4O2. The highest BCUT2D eigenvalue weighted by Gasteiger charge is 2.35. The van der Waals surface area contributed by atoms with Crippen LogP contribution in [0.1, 0.15) is 69.6 Å². The molecule has 1 amide bonds. The summed E-state index contributed by atoms with van der Waals surface area (Å²) in [5.41, 5.74) is 7.81. The Morgan fingerprint density at radius 1 is 1.03 bits per heavy atom. The van der Waals surface area contributed by atoms with E-state index in [0.29, 0.717) is 29.9 Å². The zero-order chi connectivity index (χ0) is 23.4. The third kappa shape index (κ3) is 5.22. The number of fused-ring (bicyclic) bond motifs is 1. The topological polar surface area (TPSA) is 82.7 Å². The molecular weight excluding hydrogens is 412 g/mol. The van der Waals surface area contributed by atoms with Crippen LogP contribution in [0.2, 0.25) is 0 Å². The van der Waals surface area contributed by atoms with Gasteiger partial charge in [-0.15, -0.1) is 0 Å². The van der Waals surface area contributed by atoms with Gasteiger partial charge in [0.2, 0.25) is 6.10 Å². The quantitative estimate of drug-likeness (QED) is 0.343. The second-order valence-corrected chi connectivity index (χ2v) is 9.42. The number of ether oxygens (including phenoxy) is 1. The molecule has 1 fully saturated rings. The van der Waals surface area contributed by atoms with Crippen LogP contribution in [0.4, 0.5) is 5.69 Å². The minimum absolute atomic E-state index is 0.0188. The molecule has 2 aliphatic rings. The number of likely N-dealkylation sites (tertiary alicyclic amines) is 1. The molecule has 0 saturated carbocycles. The van der Waals surface area contributed by atoms with Crippen molar-refractivity contribution in [2.24, 2.45) is 5.73 Å². The van der Waals surface area contributed by atoms with Crippen LogP contribution in [0.3, 0.4) is 0 Å². The molecule has 3 atom stereocenters. The number of nitrogens with zero attached hydrogens (tertiary/aromatic N) is 2. The van der Waals surface area contributed by atoms with E-state index in [4.69, 9.17) is 15.9 Å². The largest absolute Gasteiger partial charge is 0.474 e. The zero-order valence-electron chi connectivity index (χ0n) is 19.8. The van der Waals surface area contributed by atoms with Crippen LogP contribution in [0.5, 0.6) is 5.75 Å². The maximum Gasteiger partial charge on any atom is 0.272 e. The predicted molar refractivity (Wildman–Crippen MR) is 133 cm³/mol. The fourth-order valence-corrected chi connectivity index (χ4v) is 5.18. The average Bonchev–Trinajstić information content (AvgIpc) is 2.81. The van der Waals surface area contributed by atoms with Gasteiger partial charge in [-0.2, -0.15) is 0 Å². The van der Waals surface area contributed by atoms with Crippen molar-refractivity contribution < 1.29 is 9.53 Å². The molecule has 3 N–H and O–H groups in total. The molecule has 0 aromatic heterocycles. The Morgan fingerprint density at radius 3 is 2.52 bits per heavy atom. The van der Waals surface area contributed by atoms with Crippen LogP contribution in [0.25, 0.3) is 0 Å². The van der Waals surface area contributed by atoms with Crippen molar-refractivity contribution in [3.05, 3.63) is 59.7 Å². The second-order valence-electron chi connectivity index (χ2n) is 9.42. The van der Waals surface area contributed by atoms with Crippen LogP contribution in [0.15, 0.2) is 48.5 Å². The van der Waals surface area contributed by atoms with E-state index in [1.807, 2.05) is 41.3 Å². The van der Waals surface area contributed by atoms with Crippen LogP contribution in [-0.2, 0) is 4.79 Å². The molecule has 33 heavy (non-hydrogen) atoms. The first-order chi connectivity index (χ1) is 16.0. The number of anilines is 1. The van der Waals surface area contributed by atoms with Gasteiger partial charge in [-0.25, -0.2) is 0 Å². The Morgan fingerprint density at radius 2 is 1.76 bits per heavy atom. The smallest absolute Gasteiger partial charge is 0.272 e. The van der Waals surface area contributed by atoms with Gasteiger partial charge in [-0.3, -0.25) is 15.1 Å². The van der Waals surface area contributed by atoms with E-state index >= 15 is 0 Å². The molecule has 2 heterocycles. The first-order valence-electron chi connectivity index (χ1n) is 12.2. The number of piperidine rings is 1. The van der Waals surface area contributed by atoms with Crippen molar-refractivity contribution in [3.8, 4) is 5.75 Å². The number of para-hydroxylation sites is 2. The summed E-state index contributed by atoms with van der Waals surface area (Å²) in [6, 6.07) is 16.3. The number of rotatable bonds is 8. The molecule has 6 nitrogen and oxygen atoms in total. The first kappa shape index (κ1) is 23.3. The highest BCUT2D eigenvalue weighted by molar-refractivity contribution is 6.01. The molecule has 0 bridgehead atoms. The molecule has 0 unspecified atom stereocenters. The Bertz CT molecular complexity index is 982. The van der Waals surface area contributed by atoms with E-state index in [-0.39, 0.29) is 11.7 Å². The van der Waals surface area contributed by atoms with Crippen LogP contribution < -0.4 is 15.4 Å². The number of hydrogen-bond acceptors (Lipinski definition) is 4. The molecule has 2 aromatic carbocycles. The van der Waals surface area contributed by atoms with Gasteiger partial charge in [0.15, 0.2) is 0 Å². The maximum atomic E-state index is 13.5. The molecule has 2 aliphatic heterocycles. The minimum Gasteiger partial charge on any atom is -0.474 e. The highest BCUT2D eigenvalue weighted by Crippen LogP contribution is 2.39. The van der Waals surface area contributed by atoms with Gasteiger partial charge >= 0.3 is 0 Å². The first-order valence-corrected chi connectivity index (χ1v) is 12.2. The lowest BCUT2D eigenvalue weighted by Gasteiger charge is -2.39. The summed E-state index contributed by atoms with van der Waals surface area (Å²) in [4.78, 5) is 18.0. The van der Waals surface area contributed by atoms with Gasteiger partial charge in [-0.05, 0) is 64.3 Å². The summed E-state index contributed by atoms with van der Waals surface area (Å²) < 4.78 is 6.12. The van der Waals surface area contributed by atoms with Gasteiger partial charge < -0.3 is 15.4 Å². The Hall–Kier alpha value is -2.86. The number of nitrogens with one attached hydrogen (secondary N) is 1. The van der Waals surface area contributed by atoms with E-state index in [2.05, 4.69) is 18.7 Å². The molecule has 176 valence electrons. The molecule has 4 rings (SSSR count). The van der Waals surface area contributed by atoms with Crippen molar-refractivity contribution >= 4 is 17.4 Å². The van der Waals surface area contributed by atoms with Crippen molar-refractivity contribution in [3.63, 3.8) is 0 Å². The lowest BCUT2D eigenvalue weighted by molar-refractivity contribution is -0.126. The van der Waals surface area contributed by atoms with Crippen molar-refractivity contribution in [2.45, 2.75) is 70.6 Å². The summed E-state index contributed by atoms with van der Waals surface area (Å²) in [7, 11) is 0. The molecule has 0 spiro atoms. The van der Waals surface area contributed by atoms with E-state index in [1.165, 1.54) is 19.3 Å². The van der Waals surface area contributed by atoms with Gasteiger partial charge in [0.1, 0.15) is 11.6 Å². The number of unbranched alkanes of at least 4 members (excludes halogenated alkanes) is 2. The SMILES string of the molecule is C[C@@H]1CCC[C@H](C)N1CCCCCN1C(=O)[C@@H](c2cccc(C(=N)N)c2)Oc2ccccc21. The van der Waals surface area contributed by atoms with Crippen molar-refractivity contribution in [1.82, 2.24) is 4.90 Å². The molecule has 0 radical (unpaired) electrons. The Kier molecular flexibility index (Phi) is 7.33. The standard InChI is InChI=1S/C27H36N4O2/c1-19-10-8-11-20(2)30(19)16-6-3-7-17-31-23-14-4-5-15-24(23)33-25(27(31)32)21-12-9-13-22(18-21)26(28)29/h4-5,9,12-15,18-20,25H,3,6-8,10-11,16-17H2,1-2H3,(H3,28,29)/t19-,20+,25-/m1/s1. The number of amidine groups is 1. The number of carbonyl (C=O) groups is 1. The summed E-state index contributed by atoms with van der Waals surface area (Å²) in [5.74, 6) is 0.633. The fourth-order valence-electron chi connectivity index (χ4n) is 5.18. The summed E-state index contributed by atoms with van der Waals surface area (Å²) in [6.07, 6.45) is 6.41. The highest BCUT2D eigenvalue weighted by atomic mass is 16.5. The zero-order valence-corrected chi connectivity index (χ0v) is 19.8. The minimum atomic E-state index is -0.728. The molecule has 1 saturated heterocycles. The summed E-state index contributed by atoms with van der Waals surface area (Å²) in [5, 5.41) is 7.72. The van der Waals surface area contributed by atoms with Gasteiger partial charge in [0.25, 0.3) is 5.91 Å². The predicted octanol–water partition coefficient (Wildman–Crippen LogP) is 4.87. The lowest BCUT2D eigenvalue weighted by Crippen LogP contribution is -2.44. The van der Waals surface area contributed by atoms with Crippen molar-refractivity contribution in [1.29, 1.82) is 5.41 Å². The summed E-state index contributed by atoms with van der Waals surface area (Å²) >= 11 is 0. The third-order valence-electron chi connectivity index (χ3n) is 7.07. The maximum absolute atomic E-state index is 13.5. The van der Waals surface area contributed by atoms with Crippen LogP contribution in [-0.4, -0.2) is 41.8 Å². The van der Waals surface area contributed by atoms with E-state index < -0.39 is 6.10 Å². The van der Waals surface area contributed by atoms with E-state index in [9.17, 15) is 4.79 Å². The number of carbonyl (C=O) groups excluding carboxylic acids is 1. The fraction of sp³-hybridized carbons (Fsp3) is 0.481. The van der Waals surface area contributed by atoms with Crippen LogP contribution in [0, 0.1) is 5.41 Å². The van der Waals surface area contributed by atoms with Gasteiger partial charge in [0.05, 0.1) is 5.69 Å². The number of amides is 1. The lowest BCUT2D eigenvalue weighted by atomic mass is 9.97. The number of hydrogen-bond donors (Lipinski definition) is 2. The average molecular weight is 449 g/mol. The number of nitrogens with two attached hydrogens (primary N) is 1. The molecule has 0 aliphatic carbocycles. The van der Waals surface area contributed by atoms with Crippen LogP contribution >= 0.6 is 0 Å².